The number of hydrogen-bond acceptors (Lipinski definition) is 5. The van der Waals surface area contributed by atoms with Gasteiger partial charge in [-0.05, 0) is 51.1 Å². The van der Waals surface area contributed by atoms with E-state index >= 15 is 0 Å². The zero-order valence-corrected chi connectivity index (χ0v) is 12.5. The molecule has 1 aliphatic heterocycles. The first-order chi connectivity index (χ1) is 9.85. The molecule has 1 N–H and O–H groups in total. The minimum atomic E-state index is 0.762. The number of rotatable bonds is 7. The van der Waals surface area contributed by atoms with E-state index in [1.165, 1.54) is 45.3 Å². The van der Waals surface area contributed by atoms with Gasteiger partial charge < -0.3 is 9.84 Å². The van der Waals surface area contributed by atoms with E-state index in [4.69, 9.17) is 4.52 Å². The molecule has 5 heteroatoms. The molecule has 0 amide bonds. The lowest BCUT2D eigenvalue weighted by Gasteiger charge is -2.29. The van der Waals surface area contributed by atoms with Crippen molar-refractivity contribution in [2.75, 3.05) is 19.6 Å². The van der Waals surface area contributed by atoms with E-state index in [-0.39, 0.29) is 0 Å². The first-order valence-corrected chi connectivity index (χ1v) is 8.11. The molecule has 1 aromatic rings. The Labute approximate surface area is 121 Å². The third-order valence-electron chi connectivity index (χ3n) is 4.33. The lowest BCUT2D eigenvalue weighted by atomic mass is 9.97. The second kappa shape index (κ2) is 6.68. The quantitative estimate of drug-likeness (QED) is 0.826. The number of aryl methyl sites for hydroxylation is 1. The maximum Gasteiger partial charge on any atom is 0.226 e. The number of piperidine rings is 1. The lowest BCUT2D eigenvalue weighted by Crippen LogP contribution is -2.37. The highest BCUT2D eigenvalue weighted by molar-refractivity contribution is 4.92. The van der Waals surface area contributed by atoms with Gasteiger partial charge in [-0.3, -0.25) is 4.90 Å². The van der Waals surface area contributed by atoms with Crippen LogP contribution in [0.1, 0.15) is 50.7 Å². The van der Waals surface area contributed by atoms with Crippen LogP contribution in [0.25, 0.3) is 0 Å². The zero-order chi connectivity index (χ0) is 13.8. The van der Waals surface area contributed by atoms with Gasteiger partial charge in [-0.1, -0.05) is 12.1 Å². The Morgan fingerprint density at radius 2 is 2.05 bits per heavy atom. The highest BCUT2D eigenvalue weighted by Crippen LogP contribution is 2.30. The summed E-state index contributed by atoms with van der Waals surface area (Å²) in [5, 5.41) is 7.58. The standard InChI is InChI=1S/C15H26N4O/c1-2-3-15-17-14(18-20-15)11-19(13-4-5-13)10-12-6-8-16-9-7-12/h12-13,16H,2-11H2,1H3. The maximum atomic E-state index is 5.30. The number of nitrogens with one attached hydrogen (secondary N) is 1. The first kappa shape index (κ1) is 14.0. The molecule has 2 fully saturated rings. The largest absolute Gasteiger partial charge is 0.339 e. The van der Waals surface area contributed by atoms with Gasteiger partial charge in [0.05, 0.1) is 6.54 Å². The van der Waals surface area contributed by atoms with Crippen LogP contribution in [-0.2, 0) is 13.0 Å². The molecule has 20 heavy (non-hydrogen) atoms. The molecule has 3 rings (SSSR count). The van der Waals surface area contributed by atoms with Crippen LogP contribution in [-0.4, -0.2) is 40.7 Å². The van der Waals surface area contributed by atoms with Crippen molar-refractivity contribution in [2.24, 2.45) is 5.92 Å². The predicted octanol–water partition coefficient (Wildman–Crippen LogP) is 1.99. The van der Waals surface area contributed by atoms with Crippen molar-refractivity contribution in [3.8, 4) is 0 Å². The van der Waals surface area contributed by atoms with Crippen LogP contribution in [0.2, 0.25) is 0 Å². The topological polar surface area (TPSA) is 54.2 Å². The van der Waals surface area contributed by atoms with E-state index in [2.05, 4.69) is 27.3 Å². The Balaban J connectivity index is 1.55. The van der Waals surface area contributed by atoms with Crippen molar-refractivity contribution in [1.29, 1.82) is 0 Å². The van der Waals surface area contributed by atoms with E-state index in [0.29, 0.717) is 0 Å². The average Bonchev–Trinajstić information content (AvgIpc) is 3.22. The molecule has 1 aromatic heterocycles. The first-order valence-electron chi connectivity index (χ1n) is 8.11. The molecule has 1 saturated heterocycles. The number of aromatic nitrogens is 2. The summed E-state index contributed by atoms with van der Waals surface area (Å²) in [6, 6.07) is 0.762. The second-order valence-corrected chi connectivity index (χ2v) is 6.21. The Bertz CT molecular complexity index is 410. The van der Waals surface area contributed by atoms with Crippen LogP contribution < -0.4 is 5.32 Å². The van der Waals surface area contributed by atoms with Crippen molar-refractivity contribution in [3.63, 3.8) is 0 Å². The zero-order valence-electron chi connectivity index (χ0n) is 12.5. The summed E-state index contributed by atoms with van der Waals surface area (Å²) in [6.07, 6.45) is 7.23. The Hall–Kier alpha value is -0.940. The van der Waals surface area contributed by atoms with Crippen LogP contribution >= 0.6 is 0 Å². The summed E-state index contributed by atoms with van der Waals surface area (Å²) in [6.45, 7) is 6.54. The third-order valence-corrected chi connectivity index (χ3v) is 4.33. The van der Waals surface area contributed by atoms with Crippen LogP contribution in [0.3, 0.4) is 0 Å². The van der Waals surface area contributed by atoms with Crippen molar-refractivity contribution in [1.82, 2.24) is 20.4 Å². The molecule has 0 aromatic carbocycles. The fraction of sp³-hybridized carbons (Fsp3) is 0.867. The van der Waals surface area contributed by atoms with E-state index in [9.17, 15) is 0 Å². The molecule has 0 bridgehead atoms. The van der Waals surface area contributed by atoms with Gasteiger partial charge in [-0.25, -0.2) is 0 Å². The summed E-state index contributed by atoms with van der Waals surface area (Å²) in [4.78, 5) is 7.09. The SMILES string of the molecule is CCCc1nc(CN(CC2CCNCC2)C2CC2)no1. The molecule has 0 radical (unpaired) electrons. The van der Waals surface area contributed by atoms with E-state index < -0.39 is 0 Å². The fourth-order valence-corrected chi connectivity index (χ4v) is 3.03. The van der Waals surface area contributed by atoms with Gasteiger partial charge in [0.15, 0.2) is 5.82 Å². The summed E-state index contributed by atoms with van der Waals surface area (Å²) < 4.78 is 5.30. The highest BCUT2D eigenvalue weighted by Gasteiger charge is 2.31. The Kier molecular flexibility index (Phi) is 4.68. The van der Waals surface area contributed by atoms with Gasteiger partial charge in [0.1, 0.15) is 0 Å². The molecule has 1 saturated carbocycles. The normalized spacial score (nSPS) is 20.7. The number of nitrogens with zero attached hydrogens (tertiary/aromatic N) is 3. The summed E-state index contributed by atoms with van der Waals surface area (Å²) in [5.41, 5.74) is 0. The predicted molar refractivity (Wildman–Crippen MR) is 77.3 cm³/mol. The molecule has 1 aliphatic carbocycles. The van der Waals surface area contributed by atoms with Gasteiger partial charge in [0.25, 0.3) is 0 Å². The van der Waals surface area contributed by atoms with Crippen LogP contribution in [0.5, 0.6) is 0 Å². The smallest absolute Gasteiger partial charge is 0.226 e. The molecular formula is C15H26N4O. The molecule has 0 atom stereocenters. The van der Waals surface area contributed by atoms with Gasteiger partial charge in [0.2, 0.25) is 5.89 Å². The van der Waals surface area contributed by atoms with Crippen molar-refractivity contribution in [2.45, 2.75) is 58.0 Å². The molecule has 0 unspecified atom stereocenters. The minimum Gasteiger partial charge on any atom is -0.339 e. The summed E-state index contributed by atoms with van der Waals surface area (Å²) in [7, 11) is 0. The molecule has 5 nitrogen and oxygen atoms in total. The Morgan fingerprint density at radius 3 is 2.75 bits per heavy atom. The molecule has 2 heterocycles. The molecule has 0 spiro atoms. The van der Waals surface area contributed by atoms with Crippen LogP contribution in [0.4, 0.5) is 0 Å². The molecule has 2 aliphatic rings. The fourth-order valence-electron chi connectivity index (χ4n) is 3.03. The summed E-state index contributed by atoms with van der Waals surface area (Å²) in [5.74, 6) is 2.49. The van der Waals surface area contributed by atoms with Crippen LogP contribution in [0, 0.1) is 5.92 Å². The highest BCUT2D eigenvalue weighted by atomic mass is 16.5. The van der Waals surface area contributed by atoms with Crippen molar-refractivity contribution < 1.29 is 4.52 Å². The van der Waals surface area contributed by atoms with E-state index in [1.807, 2.05) is 0 Å². The van der Waals surface area contributed by atoms with Crippen LogP contribution in [0.15, 0.2) is 4.52 Å². The monoisotopic (exact) mass is 278 g/mol. The van der Waals surface area contributed by atoms with E-state index in [1.54, 1.807) is 0 Å². The lowest BCUT2D eigenvalue weighted by molar-refractivity contribution is 0.184. The minimum absolute atomic E-state index is 0.762. The van der Waals surface area contributed by atoms with Gasteiger partial charge in [-0.2, -0.15) is 4.98 Å². The van der Waals surface area contributed by atoms with Gasteiger partial charge in [0, 0.05) is 19.0 Å². The third kappa shape index (κ3) is 3.79. The number of hydrogen-bond donors (Lipinski definition) is 1. The maximum absolute atomic E-state index is 5.30. The Morgan fingerprint density at radius 1 is 1.25 bits per heavy atom. The van der Waals surface area contributed by atoms with Crippen molar-refractivity contribution in [3.05, 3.63) is 11.7 Å². The summed E-state index contributed by atoms with van der Waals surface area (Å²) >= 11 is 0. The van der Waals surface area contributed by atoms with Gasteiger partial charge >= 0.3 is 0 Å². The van der Waals surface area contributed by atoms with Gasteiger partial charge in [-0.15, -0.1) is 0 Å². The van der Waals surface area contributed by atoms with E-state index in [0.717, 1.165) is 43.1 Å². The second-order valence-electron chi connectivity index (χ2n) is 6.21. The molecule has 112 valence electrons. The average molecular weight is 278 g/mol. The molecular weight excluding hydrogens is 252 g/mol. The van der Waals surface area contributed by atoms with Crippen molar-refractivity contribution >= 4 is 0 Å².